The van der Waals surface area contributed by atoms with E-state index in [1.165, 1.54) is 17.0 Å². The Morgan fingerprint density at radius 3 is 2.43 bits per heavy atom. The lowest BCUT2D eigenvalue weighted by Gasteiger charge is -2.26. The zero-order valence-electron chi connectivity index (χ0n) is 23.5. The predicted molar refractivity (Wildman–Crippen MR) is 164 cm³/mol. The van der Waals surface area contributed by atoms with Crippen molar-refractivity contribution in [1.82, 2.24) is 19.4 Å². The summed E-state index contributed by atoms with van der Waals surface area (Å²) in [7, 11) is -0.274. The number of rotatable bonds is 9. The quantitative estimate of drug-likeness (QED) is 0.229. The molecule has 11 heteroatoms. The van der Waals surface area contributed by atoms with Crippen molar-refractivity contribution in [2.45, 2.75) is 17.7 Å². The number of aromatic nitrogens is 2. The molecule has 0 radical (unpaired) electrons. The van der Waals surface area contributed by atoms with E-state index in [0.717, 1.165) is 27.6 Å². The number of fused-ring (bicyclic) bond motifs is 1. The summed E-state index contributed by atoms with van der Waals surface area (Å²) in [6.07, 6.45) is 8.48. The molecule has 1 aliphatic heterocycles. The third-order valence-electron chi connectivity index (χ3n) is 7.20. The molecule has 1 aromatic heterocycles. The van der Waals surface area contributed by atoms with Crippen LogP contribution in [0.4, 0.5) is 5.69 Å². The van der Waals surface area contributed by atoms with Crippen LogP contribution in [-0.2, 0) is 34.7 Å². The second-order valence-corrected chi connectivity index (χ2v) is 12.0. The van der Waals surface area contributed by atoms with Crippen LogP contribution in [0.15, 0.2) is 102 Å². The van der Waals surface area contributed by atoms with Gasteiger partial charge in [0.05, 0.1) is 21.6 Å². The van der Waals surface area contributed by atoms with Crippen molar-refractivity contribution in [2.24, 2.45) is 12.8 Å². The fourth-order valence-corrected chi connectivity index (χ4v) is 6.21. The standard InChI is InChI=1S/C31H33N7O3S/c1-35-17-6-18-37(20-19-35)30(39)22-38(42(40,41)26-7-4-3-5-8-26)25-14-15-28-27(21-25)34-29(36(28)2)16-11-23-9-12-24(13-10-23)31(32)33/h3-10,12-15,17,19-21H,11,16,18,22H2,1-2H3,(H3,32,33). The summed E-state index contributed by atoms with van der Waals surface area (Å²) in [4.78, 5) is 21.6. The number of aryl methyl sites for hydroxylation is 3. The van der Waals surface area contributed by atoms with Crippen molar-refractivity contribution in [1.29, 1.82) is 5.41 Å². The van der Waals surface area contributed by atoms with Crippen molar-refractivity contribution < 1.29 is 13.2 Å². The van der Waals surface area contributed by atoms with Gasteiger partial charge in [0.25, 0.3) is 10.0 Å². The summed E-state index contributed by atoms with van der Waals surface area (Å²) in [6, 6.07) is 21.0. The Balaban J connectivity index is 1.45. The van der Waals surface area contributed by atoms with E-state index in [2.05, 4.69) is 0 Å². The van der Waals surface area contributed by atoms with Crippen molar-refractivity contribution >= 4 is 38.5 Å². The first-order valence-corrected chi connectivity index (χ1v) is 14.9. The molecule has 5 rings (SSSR count). The van der Waals surface area contributed by atoms with Crippen LogP contribution in [-0.4, -0.2) is 59.6 Å². The summed E-state index contributed by atoms with van der Waals surface area (Å²) in [6.45, 7) is -0.0421. The van der Waals surface area contributed by atoms with Crippen LogP contribution in [0.25, 0.3) is 11.0 Å². The number of carbonyl (C=O) groups is 1. The van der Waals surface area contributed by atoms with E-state index >= 15 is 0 Å². The number of nitrogen functional groups attached to an aromatic ring is 1. The summed E-state index contributed by atoms with van der Waals surface area (Å²) in [5, 5.41) is 7.57. The smallest absolute Gasteiger partial charge is 0.264 e. The minimum atomic E-state index is -4.06. The molecular formula is C31H33N7O3S. The molecular weight excluding hydrogens is 550 g/mol. The Bertz CT molecular complexity index is 1780. The van der Waals surface area contributed by atoms with Crippen LogP contribution < -0.4 is 10.0 Å². The largest absolute Gasteiger partial charge is 0.384 e. The van der Waals surface area contributed by atoms with Crippen LogP contribution in [0.1, 0.15) is 17.0 Å². The molecule has 0 bridgehead atoms. The van der Waals surface area contributed by atoms with Gasteiger partial charge in [-0.25, -0.2) is 13.4 Å². The SMILES string of the molecule is CN1C=CCN(C(=O)CN(c2ccc3c(c2)nc(CCc2ccc(C(=N)N)cc2)n3C)S(=O)(=O)c2ccccc2)C=C1. The molecule has 0 saturated heterocycles. The lowest BCUT2D eigenvalue weighted by molar-refractivity contribution is -0.126. The Morgan fingerprint density at radius 1 is 0.976 bits per heavy atom. The van der Waals surface area contributed by atoms with Crippen molar-refractivity contribution in [3.05, 3.63) is 114 Å². The number of hydrogen-bond acceptors (Lipinski definition) is 6. The molecule has 3 aromatic carbocycles. The van der Waals surface area contributed by atoms with Crippen molar-refractivity contribution in [3.8, 4) is 0 Å². The number of nitrogens with one attached hydrogen (secondary N) is 1. The maximum absolute atomic E-state index is 13.9. The maximum atomic E-state index is 13.9. The number of carbonyl (C=O) groups excluding carboxylic acids is 1. The van der Waals surface area contributed by atoms with Gasteiger partial charge in [0, 0.05) is 51.2 Å². The third-order valence-corrected chi connectivity index (χ3v) is 8.99. The normalized spacial score (nSPS) is 13.4. The van der Waals surface area contributed by atoms with Gasteiger partial charge in [0.2, 0.25) is 5.91 Å². The lowest BCUT2D eigenvalue weighted by Crippen LogP contribution is -2.41. The summed E-state index contributed by atoms with van der Waals surface area (Å²) >= 11 is 0. The molecule has 0 unspecified atom stereocenters. The number of imidazole rings is 1. The van der Waals surface area contributed by atoms with Gasteiger partial charge in [-0.1, -0.05) is 42.5 Å². The Hall–Kier alpha value is -4.90. The van der Waals surface area contributed by atoms with Crippen molar-refractivity contribution in [2.75, 3.05) is 24.4 Å². The highest BCUT2D eigenvalue weighted by molar-refractivity contribution is 7.92. The first-order valence-electron chi connectivity index (χ1n) is 13.5. The number of amidine groups is 1. The lowest BCUT2D eigenvalue weighted by atomic mass is 10.1. The van der Waals surface area contributed by atoms with Crippen LogP contribution in [0.5, 0.6) is 0 Å². The highest BCUT2D eigenvalue weighted by atomic mass is 32.2. The molecule has 0 fully saturated rings. The number of nitrogens with two attached hydrogens (primary N) is 1. The molecule has 3 N–H and O–H groups in total. The highest BCUT2D eigenvalue weighted by Gasteiger charge is 2.29. The van der Waals surface area contributed by atoms with E-state index in [-0.39, 0.29) is 23.2 Å². The second-order valence-electron chi connectivity index (χ2n) is 10.1. The molecule has 1 aliphatic rings. The van der Waals surface area contributed by atoms with Crippen LogP contribution in [0.3, 0.4) is 0 Å². The minimum Gasteiger partial charge on any atom is -0.384 e. The second kappa shape index (κ2) is 11.9. The monoisotopic (exact) mass is 583 g/mol. The van der Waals surface area contributed by atoms with E-state index in [0.29, 0.717) is 29.7 Å². The van der Waals surface area contributed by atoms with Gasteiger partial charge in [0.15, 0.2) is 0 Å². The highest BCUT2D eigenvalue weighted by Crippen LogP contribution is 2.28. The molecule has 2 heterocycles. The van der Waals surface area contributed by atoms with Crippen molar-refractivity contribution in [3.63, 3.8) is 0 Å². The fourth-order valence-electron chi connectivity index (χ4n) is 4.78. The van der Waals surface area contributed by atoms with Gasteiger partial charge in [-0.05, 0) is 48.4 Å². The first-order chi connectivity index (χ1) is 20.1. The van der Waals surface area contributed by atoms with Crippen LogP contribution in [0.2, 0.25) is 0 Å². The van der Waals surface area contributed by atoms with Gasteiger partial charge in [0.1, 0.15) is 18.2 Å². The van der Waals surface area contributed by atoms with E-state index in [1.54, 1.807) is 42.7 Å². The Labute approximate surface area is 245 Å². The topological polar surface area (TPSA) is 129 Å². The molecule has 1 amide bonds. The van der Waals surface area contributed by atoms with Crippen LogP contribution in [0, 0.1) is 5.41 Å². The third kappa shape index (κ3) is 6.06. The Morgan fingerprint density at radius 2 is 1.71 bits per heavy atom. The molecule has 42 heavy (non-hydrogen) atoms. The molecule has 0 atom stereocenters. The van der Waals surface area contributed by atoms with E-state index in [1.807, 2.05) is 66.2 Å². The Kier molecular flexibility index (Phi) is 8.12. The first kappa shape index (κ1) is 28.6. The van der Waals surface area contributed by atoms with E-state index < -0.39 is 10.0 Å². The number of amides is 1. The minimum absolute atomic E-state index is 0.0325. The van der Waals surface area contributed by atoms with Gasteiger partial charge in [-0.15, -0.1) is 0 Å². The molecule has 4 aromatic rings. The zero-order chi connectivity index (χ0) is 29.9. The zero-order valence-corrected chi connectivity index (χ0v) is 24.3. The average molecular weight is 584 g/mol. The van der Waals surface area contributed by atoms with E-state index in [9.17, 15) is 13.2 Å². The number of hydrogen-bond donors (Lipinski definition) is 2. The number of sulfonamides is 1. The van der Waals surface area contributed by atoms with E-state index in [4.69, 9.17) is 16.1 Å². The maximum Gasteiger partial charge on any atom is 0.264 e. The van der Waals surface area contributed by atoms with Crippen LogP contribution >= 0.6 is 0 Å². The number of nitrogens with zero attached hydrogens (tertiary/aromatic N) is 5. The molecule has 0 saturated carbocycles. The van der Waals surface area contributed by atoms with Gasteiger partial charge in [-0.3, -0.25) is 14.5 Å². The summed E-state index contributed by atoms with van der Waals surface area (Å²) in [5.41, 5.74) is 9.18. The average Bonchev–Trinajstić information content (AvgIpc) is 3.14. The predicted octanol–water partition coefficient (Wildman–Crippen LogP) is 3.60. The molecule has 10 nitrogen and oxygen atoms in total. The molecule has 0 aliphatic carbocycles. The fraction of sp³-hybridized carbons (Fsp3) is 0.194. The number of anilines is 1. The van der Waals surface area contributed by atoms with Gasteiger partial charge >= 0.3 is 0 Å². The van der Waals surface area contributed by atoms with Gasteiger partial charge in [-0.2, -0.15) is 0 Å². The summed E-state index contributed by atoms with van der Waals surface area (Å²) in [5.74, 6) is 0.519. The summed E-state index contributed by atoms with van der Waals surface area (Å²) < 4.78 is 30.9. The van der Waals surface area contributed by atoms with Gasteiger partial charge < -0.3 is 20.1 Å². The molecule has 0 spiro atoms. The number of benzene rings is 3. The molecule has 216 valence electrons.